The highest BCUT2D eigenvalue weighted by Gasteiger charge is 2.08. The lowest BCUT2D eigenvalue weighted by Gasteiger charge is -2.00. The van der Waals surface area contributed by atoms with Crippen LogP contribution in [-0.4, -0.2) is 15.4 Å². The minimum atomic E-state index is -0.528. The van der Waals surface area contributed by atoms with E-state index < -0.39 is 10.8 Å². The number of amides is 1. The van der Waals surface area contributed by atoms with Crippen molar-refractivity contribution in [3.05, 3.63) is 52.3 Å². The molecule has 2 N–H and O–H groups in total. The molecule has 0 aliphatic heterocycles. The van der Waals surface area contributed by atoms with Gasteiger partial charge >= 0.3 is 0 Å². The van der Waals surface area contributed by atoms with Gasteiger partial charge in [-0.1, -0.05) is 18.2 Å². The quantitative estimate of drug-likeness (QED) is 0.651. The van der Waals surface area contributed by atoms with E-state index in [9.17, 15) is 14.9 Å². The number of fused-ring (bicyclic) bond motifs is 1. The molecular formula is C12H11N3O3. The first kappa shape index (κ1) is 11.8. The summed E-state index contributed by atoms with van der Waals surface area (Å²) >= 11 is 0. The van der Waals surface area contributed by atoms with Crippen molar-refractivity contribution in [1.82, 2.24) is 4.57 Å². The molecule has 2 rings (SSSR count). The van der Waals surface area contributed by atoms with Crippen LogP contribution >= 0.6 is 0 Å². The van der Waals surface area contributed by atoms with E-state index >= 15 is 0 Å². The molecular weight excluding hydrogens is 234 g/mol. The van der Waals surface area contributed by atoms with Gasteiger partial charge in [-0.05, 0) is 6.07 Å². The molecule has 92 valence electrons. The fraction of sp³-hybridized carbons (Fsp3) is 0.0833. The number of para-hydroxylation sites is 1. The van der Waals surface area contributed by atoms with Gasteiger partial charge in [0.15, 0.2) is 0 Å². The highest BCUT2D eigenvalue weighted by Crippen LogP contribution is 2.22. The first-order chi connectivity index (χ1) is 8.58. The molecule has 0 aliphatic rings. The lowest BCUT2D eigenvalue weighted by Crippen LogP contribution is -2.17. The molecule has 6 heteroatoms. The summed E-state index contributed by atoms with van der Waals surface area (Å²) < 4.78 is 1.68. The molecule has 0 fully saturated rings. The Bertz CT molecular complexity index is 643. The number of nitro groups is 1. The Morgan fingerprint density at radius 3 is 2.83 bits per heavy atom. The lowest BCUT2D eigenvalue weighted by molar-refractivity contribution is -0.400. The molecule has 0 unspecified atom stereocenters. The highest BCUT2D eigenvalue weighted by molar-refractivity contribution is 5.90. The SMILES string of the molecule is NC(=O)Cn1cc(/C=C\[N+](=O)[O-])c2ccccc21. The van der Waals surface area contributed by atoms with Gasteiger partial charge in [0.25, 0.3) is 0 Å². The number of rotatable bonds is 4. The Balaban J connectivity index is 2.53. The molecule has 0 saturated heterocycles. The number of primary amides is 1. The maximum absolute atomic E-state index is 11.0. The van der Waals surface area contributed by atoms with Gasteiger partial charge in [-0.2, -0.15) is 0 Å². The standard InChI is InChI=1S/C12H11N3O3/c13-12(16)8-14-7-9(5-6-15(17)18)10-3-1-2-4-11(10)14/h1-7H,8H2,(H2,13,16)/b6-5-. The van der Waals surface area contributed by atoms with E-state index in [1.54, 1.807) is 10.8 Å². The molecule has 0 saturated carbocycles. The van der Waals surface area contributed by atoms with E-state index in [1.165, 1.54) is 6.08 Å². The monoisotopic (exact) mass is 245 g/mol. The number of nitrogens with zero attached hydrogens (tertiary/aromatic N) is 2. The van der Waals surface area contributed by atoms with Crippen molar-refractivity contribution in [1.29, 1.82) is 0 Å². The van der Waals surface area contributed by atoms with Gasteiger partial charge in [-0.25, -0.2) is 0 Å². The molecule has 0 spiro atoms. The van der Waals surface area contributed by atoms with E-state index in [0.29, 0.717) is 5.56 Å². The van der Waals surface area contributed by atoms with E-state index in [4.69, 9.17) is 5.73 Å². The van der Waals surface area contributed by atoms with Crippen molar-refractivity contribution in [3.8, 4) is 0 Å². The molecule has 6 nitrogen and oxygen atoms in total. The molecule has 1 amide bonds. The zero-order valence-electron chi connectivity index (χ0n) is 9.45. The Labute approximate surface area is 102 Å². The number of hydrogen-bond donors (Lipinski definition) is 1. The van der Waals surface area contributed by atoms with E-state index in [2.05, 4.69) is 0 Å². The van der Waals surface area contributed by atoms with Gasteiger partial charge in [-0.15, -0.1) is 0 Å². The zero-order chi connectivity index (χ0) is 13.1. The predicted molar refractivity (Wildman–Crippen MR) is 67.2 cm³/mol. The normalized spacial score (nSPS) is 11.1. The Morgan fingerprint density at radius 2 is 2.17 bits per heavy atom. The minimum absolute atomic E-state index is 0.0484. The summed E-state index contributed by atoms with van der Waals surface area (Å²) in [6, 6.07) is 7.34. The van der Waals surface area contributed by atoms with Crippen LogP contribution in [0.3, 0.4) is 0 Å². The molecule has 2 aromatic rings. The van der Waals surface area contributed by atoms with Gasteiger partial charge in [0.2, 0.25) is 12.1 Å². The van der Waals surface area contributed by atoms with Crippen LogP contribution < -0.4 is 5.73 Å². The van der Waals surface area contributed by atoms with Crippen molar-refractivity contribution in [2.45, 2.75) is 6.54 Å². The Hall–Kier alpha value is -2.63. The van der Waals surface area contributed by atoms with Crippen molar-refractivity contribution >= 4 is 22.9 Å². The first-order valence-electron chi connectivity index (χ1n) is 5.26. The third kappa shape index (κ3) is 2.37. The second-order valence-electron chi connectivity index (χ2n) is 3.80. The number of carbonyl (C=O) groups is 1. The Kier molecular flexibility index (Phi) is 3.09. The molecule has 0 aliphatic carbocycles. The third-order valence-electron chi connectivity index (χ3n) is 2.52. The van der Waals surface area contributed by atoms with Crippen molar-refractivity contribution in [2.75, 3.05) is 0 Å². The Morgan fingerprint density at radius 1 is 1.44 bits per heavy atom. The summed E-state index contributed by atoms with van der Waals surface area (Å²) in [4.78, 5) is 20.8. The topological polar surface area (TPSA) is 91.2 Å². The molecule has 1 aromatic heterocycles. The first-order valence-corrected chi connectivity index (χ1v) is 5.26. The van der Waals surface area contributed by atoms with Crippen LogP contribution in [0.15, 0.2) is 36.7 Å². The van der Waals surface area contributed by atoms with Gasteiger partial charge in [0.05, 0.1) is 4.92 Å². The highest BCUT2D eigenvalue weighted by atomic mass is 16.6. The molecule has 0 atom stereocenters. The summed E-state index contributed by atoms with van der Waals surface area (Å²) in [5.41, 5.74) is 6.66. The number of carbonyl (C=O) groups excluding carboxylic acids is 1. The maximum Gasteiger partial charge on any atom is 0.237 e. The maximum atomic E-state index is 11.0. The fourth-order valence-corrected chi connectivity index (χ4v) is 1.85. The zero-order valence-corrected chi connectivity index (χ0v) is 9.45. The molecule has 0 radical (unpaired) electrons. The third-order valence-corrected chi connectivity index (χ3v) is 2.52. The minimum Gasteiger partial charge on any atom is -0.368 e. The second kappa shape index (κ2) is 4.70. The van der Waals surface area contributed by atoms with Crippen molar-refractivity contribution < 1.29 is 9.72 Å². The molecule has 1 heterocycles. The van der Waals surface area contributed by atoms with Crippen LogP contribution in [0.4, 0.5) is 0 Å². The molecule has 1 aromatic carbocycles. The smallest absolute Gasteiger partial charge is 0.237 e. The number of hydrogen-bond acceptors (Lipinski definition) is 3. The van der Waals surface area contributed by atoms with Crippen molar-refractivity contribution in [2.24, 2.45) is 5.73 Å². The molecule has 0 bridgehead atoms. The van der Waals surface area contributed by atoms with Gasteiger partial charge in [-0.3, -0.25) is 14.9 Å². The summed E-state index contributed by atoms with van der Waals surface area (Å²) in [5, 5.41) is 11.2. The van der Waals surface area contributed by atoms with Gasteiger partial charge < -0.3 is 10.3 Å². The summed E-state index contributed by atoms with van der Waals surface area (Å²) in [6.45, 7) is 0.0484. The van der Waals surface area contributed by atoms with Crippen LogP contribution in [0.25, 0.3) is 17.0 Å². The second-order valence-corrected chi connectivity index (χ2v) is 3.80. The average Bonchev–Trinajstić information content (AvgIpc) is 2.65. The van der Waals surface area contributed by atoms with Gasteiger partial charge in [0, 0.05) is 28.7 Å². The van der Waals surface area contributed by atoms with E-state index in [0.717, 1.165) is 17.1 Å². The summed E-state index contributed by atoms with van der Waals surface area (Å²) in [7, 11) is 0. The number of benzene rings is 1. The number of aromatic nitrogens is 1. The fourth-order valence-electron chi connectivity index (χ4n) is 1.85. The summed E-state index contributed by atoms with van der Waals surface area (Å²) in [6.07, 6.45) is 3.95. The van der Waals surface area contributed by atoms with Crippen LogP contribution in [0, 0.1) is 10.1 Å². The van der Waals surface area contributed by atoms with Crippen LogP contribution in [0.5, 0.6) is 0 Å². The molecule has 18 heavy (non-hydrogen) atoms. The largest absolute Gasteiger partial charge is 0.368 e. The van der Waals surface area contributed by atoms with Crippen LogP contribution in [0.1, 0.15) is 5.56 Å². The lowest BCUT2D eigenvalue weighted by atomic mass is 10.2. The van der Waals surface area contributed by atoms with Crippen LogP contribution in [0.2, 0.25) is 0 Å². The van der Waals surface area contributed by atoms with E-state index in [-0.39, 0.29) is 6.54 Å². The van der Waals surface area contributed by atoms with E-state index in [1.807, 2.05) is 24.3 Å². The predicted octanol–water partition coefficient (Wildman–Crippen LogP) is 1.37. The van der Waals surface area contributed by atoms with Crippen molar-refractivity contribution in [3.63, 3.8) is 0 Å². The average molecular weight is 245 g/mol. The summed E-state index contributed by atoms with van der Waals surface area (Å²) in [5.74, 6) is -0.458. The van der Waals surface area contributed by atoms with Gasteiger partial charge in [0.1, 0.15) is 6.54 Å². The number of nitrogens with two attached hydrogens (primary N) is 1. The van der Waals surface area contributed by atoms with Crippen LogP contribution in [-0.2, 0) is 11.3 Å².